The smallest absolute Gasteiger partial charge is 0.407 e. The van der Waals surface area contributed by atoms with Crippen molar-refractivity contribution in [2.75, 3.05) is 13.1 Å². The van der Waals surface area contributed by atoms with E-state index in [2.05, 4.69) is 20.2 Å². The summed E-state index contributed by atoms with van der Waals surface area (Å²) in [5.74, 6) is 0. The maximum atomic E-state index is 11.7. The highest BCUT2D eigenvalue weighted by molar-refractivity contribution is 6.28. The summed E-state index contributed by atoms with van der Waals surface area (Å²) in [6, 6.07) is 1.96. The Morgan fingerprint density at radius 2 is 2.33 bits per heavy atom. The molecule has 0 spiro atoms. The van der Waals surface area contributed by atoms with E-state index in [-0.39, 0.29) is 17.4 Å². The molecule has 0 unspecified atom stereocenters. The summed E-state index contributed by atoms with van der Waals surface area (Å²) in [4.78, 5) is 22.0. The molecule has 0 aliphatic carbocycles. The van der Waals surface area contributed by atoms with Crippen LogP contribution in [0.5, 0.6) is 0 Å². The number of nitrogens with zero attached hydrogens (tertiary/aromatic N) is 3. The van der Waals surface area contributed by atoms with Crippen LogP contribution in [0, 0.1) is 0 Å². The number of carbonyl (C=O) groups is 1. The third kappa shape index (κ3) is 5.47. The summed E-state index contributed by atoms with van der Waals surface area (Å²) < 4.78 is 5.26. The van der Waals surface area contributed by atoms with Crippen LogP contribution in [0.3, 0.4) is 0 Å². The Morgan fingerprint density at radius 3 is 3.00 bits per heavy atom. The molecule has 1 amide bonds. The van der Waals surface area contributed by atoms with Crippen LogP contribution in [0.15, 0.2) is 12.3 Å². The zero-order valence-electron chi connectivity index (χ0n) is 12.6. The van der Waals surface area contributed by atoms with Gasteiger partial charge in [0.1, 0.15) is 5.60 Å². The summed E-state index contributed by atoms with van der Waals surface area (Å²) in [7, 11) is 0. The van der Waals surface area contributed by atoms with E-state index in [0.717, 1.165) is 25.2 Å². The van der Waals surface area contributed by atoms with Crippen molar-refractivity contribution in [1.29, 1.82) is 0 Å². The number of ether oxygens (including phenoxy) is 1. The SMILES string of the molecule is CC(C)(C)OC(=O)N[C@@H]1CCN(Cc2ccnc(Cl)n2)C1. The highest BCUT2D eigenvalue weighted by Gasteiger charge is 2.26. The monoisotopic (exact) mass is 312 g/mol. The number of alkyl carbamates (subject to hydrolysis) is 1. The molecule has 0 aromatic carbocycles. The maximum absolute atomic E-state index is 11.7. The summed E-state index contributed by atoms with van der Waals surface area (Å²) in [5.41, 5.74) is 0.410. The predicted octanol–water partition coefficient (Wildman–Crippen LogP) is 2.23. The Bertz CT molecular complexity index is 504. The standard InChI is InChI=1S/C14H21ClN4O2/c1-14(2,3)21-13(20)18-11-5-7-19(9-11)8-10-4-6-16-12(15)17-10/h4,6,11H,5,7-9H2,1-3H3,(H,18,20)/t11-/m1/s1. The molecule has 1 N–H and O–H groups in total. The van der Waals surface area contributed by atoms with Gasteiger partial charge in [0, 0.05) is 31.9 Å². The fourth-order valence-electron chi connectivity index (χ4n) is 2.25. The van der Waals surface area contributed by atoms with E-state index in [9.17, 15) is 4.79 Å². The molecule has 6 nitrogen and oxygen atoms in total. The summed E-state index contributed by atoms with van der Waals surface area (Å²) in [6.07, 6.45) is 2.19. The van der Waals surface area contributed by atoms with Crippen molar-refractivity contribution in [2.24, 2.45) is 0 Å². The van der Waals surface area contributed by atoms with Gasteiger partial charge >= 0.3 is 6.09 Å². The highest BCUT2D eigenvalue weighted by atomic mass is 35.5. The lowest BCUT2D eigenvalue weighted by molar-refractivity contribution is 0.0506. The molecule has 1 aliphatic heterocycles. The highest BCUT2D eigenvalue weighted by Crippen LogP contribution is 2.14. The van der Waals surface area contributed by atoms with E-state index < -0.39 is 5.60 Å². The van der Waals surface area contributed by atoms with Crippen LogP contribution in [0.4, 0.5) is 4.79 Å². The quantitative estimate of drug-likeness (QED) is 0.867. The molecule has 7 heteroatoms. The fourth-order valence-corrected chi connectivity index (χ4v) is 2.42. The van der Waals surface area contributed by atoms with Crippen LogP contribution in [-0.2, 0) is 11.3 Å². The van der Waals surface area contributed by atoms with Gasteiger partial charge < -0.3 is 10.1 Å². The first-order chi connectivity index (χ1) is 9.82. The first kappa shape index (κ1) is 16.0. The molecule has 1 atom stereocenters. The number of amides is 1. The predicted molar refractivity (Wildman–Crippen MR) is 80.1 cm³/mol. The van der Waals surface area contributed by atoms with E-state index in [0.29, 0.717) is 6.54 Å². The Balaban J connectivity index is 1.80. The summed E-state index contributed by atoms with van der Waals surface area (Å²) in [5, 5.41) is 3.16. The number of hydrogen-bond donors (Lipinski definition) is 1. The largest absolute Gasteiger partial charge is 0.444 e. The molecule has 2 rings (SSSR count). The van der Waals surface area contributed by atoms with Crippen LogP contribution < -0.4 is 5.32 Å². The van der Waals surface area contributed by atoms with Gasteiger partial charge in [0.2, 0.25) is 5.28 Å². The van der Waals surface area contributed by atoms with Crippen LogP contribution >= 0.6 is 11.6 Å². The second-order valence-electron chi connectivity index (χ2n) is 6.18. The van der Waals surface area contributed by atoms with Gasteiger partial charge in [0.05, 0.1) is 5.69 Å². The Labute approximate surface area is 129 Å². The minimum atomic E-state index is -0.472. The molecule has 0 bridgehead atoms. The van der Waals surface area contributed by atoms with Gasteiger partial charge in [-0.15, -0.1) is 0 Å². The molecule has 0 radical (unpaired) electrons. The van der Waals surface area contributed by atoms with Crippen molar-refractivity contribution in [3.63, 3.8) is 0 Å². The summed E-state index contributed by atoms with van der Waals surface area (Å²) >= 11 is 5.78. The third-order valence-electron chi connectivity index (χ3n) is 3.06. The number of nitrogens with one attached hydrogen (secondary N) is 1. The lowest BCUT2D eigenvalue weighted by Gasteiger charge is -2.22. The van der Waals surface area contributed by atoms with Crippen LogP contribution in [0.25, 0.3) is 0 Å². The molecular formula is C14H21ClN4O2. The molecule has 21 heavy (non-hydrogen) atoms. The lowest BCUT2D eigenvalue weighted by Crippen LogP contribution is -2.40. The zero-order valence-corrected chi connectivity index (χ0v) is 13.4. The molecule has 1 aromatic rings. The van der Waals surface area contributed by atoms with Crippen molar-refractivity contribution in [1.82, 2.24) is 20.2 Å². The van der Waals surface area contributed by atoms with Crippen molar-refractivity contribution in [2.45, 2.75) is 45.4 Å². The van der Waals surface area contributed by atoms with E-state index in [1.54, 1.807) is 6.20 Å². The lowest BCUT2D eigenvalue weighted by atomic mass is 10.2. The molecule has 0 saturated carbocycles. The molecule has 2 heterocycles. The fraction of sp³-hybridized carbons (Fsp3) is 0.643. The number of likely N-dealkylation sites (tertiary alicyclic amines) is 1. The molecule has 116 valence electrons. The second-order valence-corrected chi connectivity index (χ2v) is 6.52. The van der Waals surface area contributed by atoms with Crippen molar-refractivity contribution >= 4 is 17.7 Å². The van der Waals surface area contributed by atoms with Crippen molar-refractivity contribution in [3.05, 3.63) is 23.2 Å². The number of hydrogen-bond acceptors (Lipinski definition) is 5. The minimum Gasteiger partial charge on any atom is -0.444 e. The van der Waals surface area contributed by atoms with Crippen molar-refractivity contribution in [3.8, 4) is 0 Å². The van der Waals surface area contributed by atoms with Crippen LogP contribution in [0.2, 0.25) is 5.28 Å². The molecule has 1 aliphatic rings. The van der Waals surface area contributed by atoms with Gasteiger partial charge in [0.15, 0.2) is 0 Å². The Hall–Kier alpha value is -1.40. The Kier molecular flexibility index (Phi) is 5.00. The zero-order chi connectivity index (χ0) is 15.5. The van der Waals surface area contributed by atoms with Crippen LogP contribution in [0.1, 0.15) is 32.9 Å². The van der Waals surface area contributed by atoms with Gasteiger partial charge in [-0.2, -0.15) is 0 Å². The van der Waals surface area contributed by atoms with E-state index in [1.807, 2.05) is 26.8 Å². The van der Waals surface area contributed by atoms with Gasteiger partial charge in [0.25, 0.3) is 0 Å². The van der Waals surface area contributed by atoms with E-state index >= 15 is 0 Å². The van der Waals surface area contributed by atoms with Gasteiger partial charge in [-0.25, -0.2) is 14.8 Å². The average molecular weight is 313 g/mol. The number of aromatic nitrogens is 2. The molecular weight excluding hydrogens is 292 g/mol. The number of carbonyl (C=O) groups excluding carboxylic acids is 1. The topological polar surface area (TPSA) is 67.3 Å². The normalized spacial score (nSPS) is 19.5. The average Bonchev–Trinajstić information content (AvgIpc) is 2.73. The van der Waals surface area contributed by atoms with Crippen LogP contribution in [-0.4, -0.2) is 45.7 Å². The number of halogens is 1. The summed E-state index contributed by atoms with van der Waals surface area (Å²) in [6.45, 7) is 7.95. The maximum Gasteiger partial charge on any atom is 0.407 e. The second kappa shape index (κ2) is 6.58. The minimum absolute atomic E-state index is 0.108. The van der Waals surface area contributed by atoms with Gasteiger partial charge in [-0.1, -0.05) is 0 Å². The molecule has 1 saturated heterocycles. The van der Waals surface area contributed by atoms with Gasteiger partial charge in [-0.3, -0.25) is 4.90 Å². The molecule has 1 fully saturated rings. The first-order valence-corrected chi connectivity index (χ1v) is 7.39. The Morgan fingerprint density at radius 1 is 1.57 bits per heavy atom. The third-order valence-corrected chi connectivity index (χ3v) is 3.24. The van der Waals surface area contributed by atoms with E-state index in [1.165, 1.54) is 0 Å². The van der Waals surface area contributed by atoms with Gasteiger partial charge in [-0.05, 0) is 44.9 Å². The van der Waals surface area contributed by atoms with Crippen molar-refractivity contribution < 1.29 is 9.53 Å². The van der Waals surface area contributed by atoms with E-state index in [4.69, 9.17) is 16.3 Å². The number of rotatable bonds is 3. The molecule has 1 aromatic heterocycles. The first-order valence-electron chi connectivity index (χ1n) is 7.01.